The lowest BCUT2D eigenvalue weighted by Gasteiger charge is -2.22. The number of nitrogens with one attached hydrogen (secondary N) is 2. The average Bonchev–Trinajstić information content (AvgIpc) is 2.65. The number of pyridine rings is 1. The summed E-state index contributed by atoms with van der Waals surface area (Å²) in [7, 11) is 1.62. The maximum atomic E-state index is 12.2. The van der Waals surface area contributed by atoms with Crippen molar-refractivity contribution in [3.63, 3.8) is 0 Å². The van der Waals surface area contributed by atoms with Gasteiger partial charge in [0.2, 0.25) is 11.8 Å². The van der Waals surface area contributed by atoms with E-state index in [2.05, 4.69) is 15.6 Å². The Morgan fingerprint density at radius 3 is 2.42 bits per heavy atom. The smallest absolute Gasteiger partial charge is 0.241 e. The molecule has 1 fully saturated rings. The summed E-state index contributed by atoms with van der Waals surface area (Å²) in [5.74, 6) is 1.89. The lowest BCUT2D eigenvalue weighted by molar-refractivity contribution is -0.118. The van der Waals surface area contributed by atoms with Gasteiger partial charge in [0.15, 0.2) is 0 Å². The van der Waals surface area contributed by atoms with E-state index in [-0.39, 0.29) is 36.8 Å². The molecular weight excluding hydrogens is 377 g/mol. The molecule has 142 valence electrons. The monoisotopic (exact) mass is 399 g/mol. The second-order valence-corrected chi connectivity index (χ2v) is 5.65. The minimum absolute atomic E-state index is 0. The van der Waals surface area contributed by atoms with E-state index in [1.54, 1.807) is 25.4 Å². The molecule has 0 aliphatic carbocycles. The molecule has 6 nitrogen and oxygen atoms in total. The van der Waals surface area contributed by atoms with Crippen LogP contribution in [0.15, 0.2) is 42.6 Å². The molecule has 2 aromatic rings. The fourth-order valence-electron chi connectivity index (χ4n) is 2.58. The molecule has 1 aliphatic heterocycles. The first-order chi connectivity index (χ1) is 11.7. The molecule has 0 radical (unpaired) electrons. The van der Waals surface area contributed by atoms with E-state index in [4.69, 9.17) is 9.47 Å². The number of nitrogens with zero attached hydrogens (tertiary/aromatic N) is 1. The van der Waals surface area contributed by atoms with Crippen molar-refractivity contribution >= 4 is 36.4 Å². The fraction of sp³-hybridized carbons (Fsp3) is 0.333. The van der Waals surface area contributed by atoms with Gasteiger partial charge >= 0.3 is 0 Å². The number of methoxy groups -OCH3 is 1. The molecule has 2 N–H and O–H groups in total. The molecule has 1 amide bonds. The maximum absolute atomic E-state index is 12.2. The Morgan fingerprint density at radius 1 is 1.12 bits per heavy atom. The topological polar surface area (TPSA) is 72.5 Å². The lowest BCUT2D eigenvalue weighted by atomic mass is 10.0. The molecule has 1 saturated heterocycles. The minimum atomic E-state index is -0.117. The largest absolute Gasteiger partial charge is 0.497 e. The molecule has 0 unspecified atom stereocenters. The van der Waals surface area contributed by atoms with Gasteiger partial charge in [0.05, 0.1) is 25.0 Å². The zero-order valence-electron chi connectivity index (χ0n) is 14.4. The number of piperidine rings is 1. The Hall–Kier alpha value is -2.02. The Balaban J connectivity index is 0.00000169. The summed E-state index contributed by atoms with van der Waals surface area (Å²) in [4.78, 5) is 16.4. The summed E-state index contributed by atoms with van der Waals surface area (Å²) in [5.41, 5.74) is 0.662. The van der Waals surface area contributed by atoms with Crippen LogP contribution in [0.2, 0.25) is 0 Å². The van der Waals surface area contributed by atoms with E-state index in [0.29, 0.717) is 17.3 Å². The van der Waals surface area contributed by atoms with Crippen LogP contribution in [-0.2, 0) is 4.79 Å². The number of carbonyl (C=O) groups excluding carboxylic acids is 1. The normalized spacial score (nSPS) is 15.8. The van der Waals surface area contributed by atoms with Crippen LogP contribution in [0.3, 0.4) is 0 Å². The van der Waals surface area contributed by atoms with Crippen molar-refractivity contribution in [1.29, 1.82) is 0 Å². The first-order valence-electron chi connectivity index (χ1n) is 8.07. The highest BCUT2D eigenvalue weighted by molar-refractivity contribution is 5.94. The second-order valence-electron chi connectivity index (χ2n) is 5.65. The highest BCUT2D eigenvalue weighted by atomic mass is 35.5. The molecule has 0 bridgehead atoms. The Labute approximate surface area is 165 Å². The van der Waals surface area contributed by atoms with Crippen molar-refractivity contribution in [3.05, 3.63) is 42.6 Å². The summed E-state index contributed by atoms with van der Waals surface area (Å²) in [6.45, 7) is 0.894. The van der Waals surface area contributed by atoms with E-state index in [9.17, 15) is 4.79 Å². The Kier molecular flexibility index (Phi) is 9.19. The number of hydrogen-bond donors (Lipinski definition) is 2. The van der Waals surface area contributed by atoms with Gasteiger partial charge in [-0.2, -0.15) is 0 Å². The summed E-state index contributed by atoms with van der Waals surface area (Å²) >= 11 is 0. The van der Waals surface area contributed by atoms with Crippen molar-refractivity contribution in [2.75, 3.05) is 19.0 Å². The number of carbonyl (C=O) groups is 1. The molecule has 0 saturated carbocycles. The average molecular weight is 400 g/mol. The Morgan fingerprint density at radius 2 is 1.85 bits per heavy atom. The third-order valence-electron chi connectivity index (χ3n) is 3.91. The number of rotatable bonds is 5. The van der Waals surface area contributed by atoms with Crippen LogP contribution in [0, 0.1) is 0 Å². The first kappa shape index (κ1) is 22.0. The van der Waals surface area contributed by atoms with Crippen LogP contribution in [0.1, 0.15) is 19.3 Å². The highest BCUT2D eigenvalue weighted by Gasteiger charge is 2.20. The number of anilines is 1. The number of hydrogen-bond acceptors (Lipinski definition) is 5. The highest BCUT2D eigenvalue weighted by Crippen LogP contribution is 2.23. The van der Waals surface area contributed by atoms with Crippen LogP contribution >= 0.6 is 24.8 Å². The zero-order valence-corrected chi connectivity index (χ0v) is 16.1. The third-order valence-corrected chi connectivity index (χ3v) is 3.91. The van der Waals surface area contributed by atoms with Gasteiger partial charge in [-0.3, -0.25) is 4.79 Å². The van der Waals surface area contributed by atoms with E-state index < -0.39 is 0 Å². The summed E-state index contributed by atoms with van der Waals surface area (Å²) in [5, 5.41) is 6.11. The number of halogens is 2. The number of ether oxygens (including phenoxy) is 2. The summed E-state index contributed by atoms with van der Waals surface area (Å²) < 4.78 is 10.8. The lowest BCUT2D eigenvalue weighted by Crippen LogP contribution is -2.43. The van der Waals surface area contributed by atoms with Crippen LogP contribution in [-0.4, -0.2) is 30.6 Å². The van der Waals surface area contributed by atoms with Gasteiger partial charge in [-0.25, -0.2) is 4.98 Å². The van der Waals surface area contributed by atoms with E-state index >= 15 is 0 Å². The van der Waals surface area contributed by atoms with E-state index in [1.807, 2.05) is 24.3 Å². The molecule has 1 aliphatic rings. The van der Waals surface area contributed by atoms with Gasteiger partial charge in [0, 0.05) is 6.07 Å². The predicted molar refractivity (Wildman–Crippen MR) is 106 cm³/mol. The Bertz CT molecular complexity index is 675. The van der Waals surface area contributed by atoms with Crippen LogP contribution < -0.4 is 20.1 Å². The van der Waals surface area contributed by atoms with Crippen molar-refractivity contribution in [2.45, 2.75) is 25.3 Å². The second kappa shape index (κ2) is 10.9. The molecule has 26 heavy (non-hydrogen) atoms. The van der Waals surface area contributed by atoms with Gasteiger partial charge < -0.3 is 20.1 Å². The minimum Gasteiger partial charge on any atom is -0.497 e. The van der Waals surface area contributed by atoms with Crippen molar-refractivity contribution in [2.24, 2.45) is 0 Å². The quantitative estimate of drug-likeness (QED) is 0.799. The van der Waals surface area contributed by atoms with Gasteiger partial charge in [-0.05, 0) is 49.7 Å². The number of amides is 1. The van der Waals surface area contributed by atoms with Crippen LogP contribution in [0.5, 0.6) is 17.4 Å². The van der Waals surface area contributed by atoms with E-state index in [1.165, 1.54) is 0 Å². The molecule has 0 spiro atoms. The molecule has 2 heterocycles. The molecule has 1 aromatic heterocycles. The SMILES string of the molecule is COc1ccc(Oc2ccc(NC(=O)[C@H]3CCCCN3)cn2)cc1.Cl.Cl. The molecular formula is C18H23Cl2N3O3. The number of aromatic nitrogens is 1. The van der Waals surface area contributed by atoms with Gasteiger partial charge in [-0.1, -0.05) is 6.42 Å². The number of benzene rings is 1. The molecule has 1 aromatic carbocycles. The van der Waals surface area contributed by atoms with Gasteiger partial charge in [-0.15, -0.1) is 24.8 Å². The molecule has 8 heteroatoms. The van der Waals surface area contributed by atoms with Crippen molar-refractivity contribution in [3.8, 4) is 17.4 Å². The van der Waals surface area contributed by atoms with Crippen molar-refractivity contribution < 1.29 is 14.3 Å². The molecule has 1 atom stereocenters. The van der Waals surface area contributed by atoms with Crippen molar-refractivity contribution in [1.82, 2.24) is 10.3 Å². The van der Waals surface area contributed by atoms with Gasteiger partial charge in [0.1, 0.15) is 11.5 Å². The summed E-state index contributed by atoms with van der Waals surface area (Å²) in [6.07, 6.45) is 4.68. The van der Waals surface area contributed by atoms with E-state index in [0.717, 1.165) is 31.6 Å². The maximum Gasteiger partial charge on any atom is 0.241 e. The van der Waals surface area contributed by atoms with Gasteiger partial charge in [0.25, 0.3) is 0 Å². The fourth-order valence-corrected chi connectivity index (χ4v) is 2.58. The summed E-state index contributed by atoms with van der Waals surface area (Å²) in [6, 6.07) is 10.7. The first-order valence-corrected chi connectivity index (χ1v) is 8.07. The third kappa shape index (κ3) is 6.05. The molecule has 3 rings (SSSR count). The van der Waals surface area contributed by atoms with Crippen LogP contribution in [0.4, 0.5) is 5.69 Å². The van der Waals surface area contributed by atoms with Crippen LogP contribution in [0.25, 0.3) is 0 Å². The standard InChI is InChI=1S/C18H21N3O3.2ClH/c1-23-14-6-8-15(9-7-14)24-17-10-5-13(12-20-17)21-18(22)16-4-2-3-11-19-16;;/h5-10,12,16,19H,2-4,11H2,1H3,(H,21,22);2*1H/t16-;;/m1../s1. The predicted octanol–water partition coefficient (Wildman–Crippen LogP) is 3.81. The zero-order chi connectivity index (χ0) is 16.8.